The summed E-state index contributed by atoms with van der Waals surface area (Å²) in [5.41, 5.74) is 1.89. The van der Waals surface area contributed by atoms with Crippen molar-refractivity contribution >= 4 is 11.4 Å². The third kappa shape index (κ3) is 5.78. The van der Waals surface area contributed by atoms with Gasteiger partial charge in [-0.15, -0.1) is 23.7 Å². The van der Waals surface area contributed by atoms with Gasteiger partial charge >= 0.3 is 37.7 Å². The van der Waals surface area contributed by atoms with Crippen LogP contribution in [0, 0.1) is 0 Å². The fourth-order valence-electron chi connectivity index (χ4n) is 1.54. The van der Waals surface area contributed by atoms with E-state index in [0.717, 1.165) is 5.69 Å². The molecule has 2 aromatic rings. The molecule has 2 nitrogen and oxygen atoms in total. The largest absolute Gasteiger partial charge is 1.00 e. The molecule has 0 saturated heterocycles. The maximum Gasteiger partial charge on any atom is 1.00 e. The second-order valence-corrected chi connectivity index (χ2v) is 3.81. The zero-order chi connectivity index (χ0) is 12.8. The number of hydrogen-bond acceptors (Lipinski definition) is 1. The Morgan fingerprint density at radius 1 is 0.900 bits per heavy atom. The Balaban J connectivity index is 0.00000180. The summed E-state index contributed by atoms with van der Waals surface area (Å²) in [6.45, 7) is 3.77. The quantitative estimate of drug-likeness (QED) is 0.338. The van der Waals surface area contributed by atoms with E-state index in [2.05, 4.69) is 11.9 Å². The molecule has 2 rings (SSSR count). The molecular formula is C16H13Li2NO. The molecule has 20 heavy (non-hydrogen) atoms. The van der Waals surface area contributed by atoms with Crippen LogP contribution in [0.3, 0.4) is 0 Å². The second kappa shape index (κ2) is 9.59. The first-order chi connectivity index (χ1) is 8.75. The average molecular weight is 249 g/mol. The van der Waals surface area contributed by atoms with Crippen LogP contribution in [-0.2, 0) is 0 Å². The number of nitrogens with zero attached hydrogens (tertiary/aromatic N) is 1. The van der Waals surface area contributed by atoms with E-state index >= 15 is 0 Å². The van der Waals surface area contributed by atoms with Gasteiger partial charge in [0.15, 0.2) is 0 Å². The van der Waals surface area contributed by atoms with Crippen molar-refractivity contribution in [1.82, 2.24) is 0 Å². The molecule has 0 aliphatic heterocycles. The van der Waals surface area contributed by atoms with Crippen molar-refractivity contribution in [3.63, 3.8) is 0 Å². The van der Waals surface area contributed by atoms with Crippen LogP contribution in [0.5, 0.6) is 0 Å². The maximum absolute atomic E-state index is 11.9. The second-order valence-electron chi connectivity index (χ2n) is 3.81. The van der Waals surface area contributed by atoms with E-state index in [-0.39, 0.29) is 43.5 Å². The van der Waals surface area contributed by atoms with Crippen molar-refractivity contribution in [2.24, 2.45) is 0 Å². The van der Waals surface area contributed by atoms with Crippen LogP contribution in [0.15, 0.2) is 79.0 Å². The van der Waals surface area contributed by atoms with Crippen LogP contribution in [-0.4, -0.2) is 0 Å². The SMILES string of the molecule is C=C(/C=C(\[O-])c1ccccc1)[N-]c1ccccc1.[Li+].[Li+]. The summed E-state index contributed by atoms with van der Waals surface area (Å²) >= 11 is 0. The first-order valence-electron chi connectivity index (χ1n) is 5.65. The Labute approximate surface area is 144 Å². The number of benzene rings is 2. The molecular weight excluding hydrogens is 236 g/mol. The standard InChI is InChI=1S/C16H14NO.2Li/c1-13(17-15-10-6-3-7-11-15)12-16(18)14-8-4-2-5-9-14;;/h2-12,18H,1H2;;/q-1;2*+1/p-1/b16-12-;;. The van der Waals surface area contributed by atoms with Crippen molar-refractivity contribution in [3.8, 4) is 0 Å². The summed E-state index contributed by atoms with van der Waals surface area (Å²) in [6, 6.07) is 18.5. The van der Waals surface area contributed by atoms with E-state index in [1.165, 1.54) is 6.08 Å². The smallest absolute Gasteiger partial charge is 0.872 e. The summed E-state index contributed by atoms with van der Waals surface area (Å²) in [6.07, 6.45) is 1.45. The zero-order valence-corrected chi connectivity index (χ0v) is 11.9. The molecule has 0 aliphatic rings. The molecule has 0 spiro atoms. The van der Waals surface area contributed by atoms with Crippen molar-refractivity contribution in [2.45, 2.75) is 0 Å². The fraction of sp³-hybridized carbons (Fsp3) is 0. The molecule has 0 saturated carbocycles. The minimum Gasteiger partial charge on any atom is -0.872 e. The zero-order valence-electron chi connectivity index (χ0n) is 11.9. The maximum atomic E-state index is 11.9. The molecule has 0 radical (unpaired) electrons. The summed E-state index contributed by atoms with van der Waals surface area (Å²) < 4.78 is 0. The monoisotopic (exact) mass is 249 g/mol. The molecule has 90 valence electrons. The molecule has 0 unspecified atom stereocenters. The van der Waals surface area contributed by atoms with Gasteiger partial charge in [0.05, 0.1) is 0 Å². The molecule has 0 N–H and O–H groups in total. The minimum atomic E-state index is -0.0831. The molecule has 0 amide bonds. The summed E-state index contributed by atoms with van der Waals surface area (Å²) in [4.78, 5) is 0. The fourth-order valence-corrected chi connectivity index (χ4v) is 1.54. The Morgan fingerprint density at radius 2 is 1.40 bits per heavy atom. The summed E-state index contributed by atoms with van der Waals surface area (Å²) in [5, 5.41) is 16.1. The van der Waals surface area contributed by atoms with Gasteiger partial charge in [-0.05, 0) is 5.56 Å². The topological polar surface area (TPSA) is 37.2 Å². The molecule has 0 heterocycles. The Kier molecular flexibility index (Phi) is 8.98. The summed E-state index contributed by atoms with van der Waals surface area (Å²) in [7, 11) is 0. The first kappa shape index (κ1) is 18.7. The normalized spacial score (nSPS) is 9.90. The molecule has 4 heteroatoms. The van der Waals surface area contributed by atoms with Crippen LogP contribution in [0.2, 0.25) is 0 Å². The van der Waals surface area contributed by atoms with Crippen LogP contribution in [0.4, 0.5) is 5.69 Å². The third-order valence-electron chi connectivity index (χ3n) is 2.38. The average Bonchev–Trinajstić information content (AvgIpc) is 2.40. The van der Waals surface area contributed by atoms with Crippen molar-refractivity contribution < 1.29 is 42.8 Å². The molecule has 0 bridgehead atoms. The van der Waals surface area contributed by atoms with Gasteiger partial charge in [0.25, 0.3) is 0 Å². The number of rotatable bonds is 4. The number of para-hydroxylation sites is 1. The minimum absolute atomic E-state index is 0. The van der Waals surface area contributed by atoms with E-state index in [1.807, 2.05) is 48.5 Å². The van der Waals surface area contributed by atoms with Crippen LogP contribution >= 0.6 is 0 Å². The number of allylic oxidation sites excluding steroid dienone is 1. The van der Waals surface area contributed by atoms with Gasteiger partial charge in [0, 0.05) is 0 Å². The van der Waals surface area contributed by atoms with Crippen molar-refractivity contribution in [2.75, 3.05) is 0 Å². The molecule has 0 aromatic heterocycles. The van der Waals surface area contributed by atoms with E-state index < -0.39 is 0 Å². The van der Waals surface area contributed by atoms with Gasteiger partial charge in [-0.2, -0.15) is 0 Å². The van der Waals surface area contributed by atoms with Crippen LogP contribution < -0.4 is 42.8 Å². The molecule has 0 atom stereocenters. The third-order valence-corrected chi connectivity index (χ3v) is 2.38. The van der Waals surface area contributed by atoms with E-state index in [0.29, 0.717) is 11.3 Å². The Bertz CT molecular complexity index is 553. The van der Waals surface area contributed by atoms with E-state index in [1.54, 1.807) is 12.1 Å². The van der Waals surface area contributed by atoms with Crippen LogP contribution in [0.1, 0.15) is 5.56 Å². The van der Waals surface area contributed by atoms with Gasteiger partial charge in [-0.3, -0.25) is 0 Å². The predicted octanol–water partition coefficient (Wildman–Crippen LogP) is -2.39. The van der Waals surface area contributed by atoms with Gasteiger partial charge in [0.2, 0.25) is 0 Å². The van der Waals surface area contributed by atoms with Gasteiger partial charge < -0.3 is 10.4 Å². The van der Waals surface area contributed by atoms with Crippen molar-refractivity contribution in [1.29, 1.82) is 0 Å². The number of hydrogen-bond donors (Lipinski definition) is 0. The van der Waals surface area contributed by atoms with Crippen LogP contribution in [0.25, 0.3) is 11.1 Å². The molecule has 0 fully saturated rings. The van der Waals surface area contributed by atoms with Gasteiger partial charge in [-0.1, -0.05) is 66.7 Å². The van der Waals surface area contributed by atoms with Crippen molar-refractivity contribution in [3.05, 3.63) is 89.9 Å². The molecule has 2 aromatic carbocycles. The Morgan fingerprint density at radius 3 is 1.95 bits per heavy atom. The predicted molar refractivity (Wildman–Crippen MR) is 73.0 cm³/mol. The Hall–Kier alpha value is -1.29. The summed E-state index contributed by atoms with van der Waals surface area (Å²) in [5.74, 6) is -0.0831. The van der Waals surface area contributed by atoms with Gasteiger partial charge in [-0.25, -0.2) is 0 Å². The first-order valence-corrected chi connectivity index (χ1v) is 5.65. The van der Waals surface area contributed by atoms with Gasteiger partial charge in [0.1, 0.15) is 0 Å². The van der Waals surface area contributed by atoms with E-state index in [9.17, 15) is 5.11 Å². The van der Waals surface area contributed by atoms with E-state index in [4.69, 9.17) is 0 Å². The molecule has 0 aliphatic carbocycles.